The van der Waals surface area contributed by atoms with Crippen LogP contribution in [0, 0.1) is 5.82 Å². The maximum Gasteiger partial charge on any atom is 0.245 e. The predicted octanol–water partition coefficient (Wildman–Crippen LogP) is 3.26. The first-order valence-corrected chi connectivity index (χ1v) is 11.4. The van der Waals surface area contributed by atoms with Gasteiger partial charge in [-0.2, -0.15) is 9.29 Å². The SMILES string of the molecule is O=S(=O)(c1ccccc1N1CCCC1)N1CC(c2nc(-c3ccc(F)cc3)no2)C1. The van der Waals surface area contributed by atoms with Gasteiger partial charge in [0.2, 0.25) is 21.7 Å². The Bertz CT molecular complexity index is 1150. The van der Waals surface area contributed by atoms with Gasteiger partial charge in [-0.05, 0) is 49.2 Å². The summed E-state index contributed by atoms with van der Waals surface area (Å²) >= 11 is 0. The van der Waals surface area contributed by atoms with Crippen LogP contribution in [-0.4, -0.2) is 49.0 Å². The highest BCUT2D eigenvalue weighted by molar-refractivity contribution is 7.89. The average Bonchev–Trinajstić information content (AvgIpc) is 3.40. The monoisotopic (exact) mass is 428 g/mol. The molecule has 0 aliphatic carbocycles. The first kappa shape index (κ1) is 19.2. The van der Waals surface area contributed by atoms with Gasteiger partial charge < -0.3 is 9.42 Å². The third-order valence-electron chi connectivity index (χ3n) is 5.67. The highest BCUT2D eigenvalue weighted by Crippen LogP contribution is 2.36. The first-order valence-electron chi connectivity index (χ1n) is 9.96. The van der Waals surface area contributed by atoms with E-state index in [9.17, 15) is 12.8 Å². The lowest BCUT2D eigenvalue weighted by Gasteiger charge is -2.36. The summed E-state index contributed by atoms with van der Waals surface area (Å²) in [6.45, 7) is 2.34. The number of nitrogens with zero attached hydrogens (tertiary/aromatic N) is 4. The predicted molar refractivity (Wildman–Crippen MR) is 109 cm³/mol. The fourth-order valence-electron chi connectivity index (χ4n) is 3.94. The van der Waals surface area contributed by atoms with Crippen molar-refractivity contribution in [3.8, 4) is 11.4 Å². The molecule has 3 heterocycles. The molecule has 2 aliphatic rings. The van der Waals surface area contributed by atoms with Crippen LogP contribution in [0.4, 0.5) is 10.1 Å². The van der Waals surface area contributed by atoms with Crippen LogP contribution in [0.15, 0.2) is 57.9 Å². The maximum atomic E-state index is 13.2. The van der Waals surface area contributed by atoms with Crippen LogP contribution in [0.3, 0.4) is 0 Å². The highest BCUT2D eigenvalue weighted by Gasteiger charge is 2.41. The molecular weight excluding hydrogens is 407 g/mol. The number of hydrogen-bond donors (Lipinski definition) is 0. The van der Waals surface area contributed by atoms with Gasteiger partial charge in [-0.15, -0.1) is 0 Å². The van der Waals surface area contributed by atoms with Crippen molar-refractivity contribution in [3.05, 3.63) is 60.2 Å². The molecule has 1 aromatic heterocycles. The Morgan fingerprint density at radius 2 is 1.70 bits per heavy atom. The summed E-state index contributed by atoms with van der Waals surface area (Å²) in [5.74, 6) is 0.274. The number of benzene rings is 2. The molecule has 2 saturated heterocycles. The fraction of sp³-hybridized carbons (Fsp3) is 0.333. The minimum atomic E-state index is -3.60. The maximum absolute atomic E-state index is 13.2. The van der Waals surface area contributed by atoms with Crippen molar-refractivity contribution in [1.29, 1.82) is 0 Å². The molecule has 0 spiro atoms. The van der Waals surface area contributed by atoms with E-state index in [2.05, 4.69) is 15.0 Å². The number of sulfonamides is 1. The zero-order valence-corrected chi connectivity index (χ0v) is 17.1. The van der Waals surface area contributed by atoms with Gasteiger partial charge >= 0.3 is 0 Å². The minimum absolute atomic E-state index is 0.152. The molecular formula is C21H21FN4O3S. The third kappa shape index (κ3) is 3.37. The smallest absolute Gasteiger partial charge is 0.245 e. The fourth-order valence-corrected chi connectivity index (χ4v) is 5.68. The number of halogens is 1. The minimum Gasteiger partial charge on any atom is -0.370 e. The number of aromatic nitrogens is 2. The summed E-state index contributed by atoms with van der Waals surface area (Å²) in [6, 6.07) is 13.0. The second-order valence-electron chi connectivity index (χ2n) is 7.64. The van der Waals surface area contributed by atoms with E-state index in [0.29, 0.717) is 35.3 Å². The van der Waals surface area contributed by atoms with E-state index in [1.807, 2.05) is 12.1 Å². The summed E-state index contributed by atoms with van der Waals surface area (Å²) < 4.78 is 46.3. The van der Waals surface area contributed by atoms with Crippen molar-refractivity contribution in [2.24, 2.45) is 0 Å². The zero-order chi connectivity index (χ0) is 20.7. The van der Waals surface area contributed by atoms with Gasteiger partial charge in [0.15, 0.2) is 0 Å². The molecule has 3 aromatic rings. The molecule has 5 rings (SSSR count). The van der Waals surface area contributed by atoms with E-state index in [-0.39, 0.29) is 11.7 Å². The van der Waals surface area contributed by atoms with Crippen molar-refractivity contribution in [2.45, 2.75) is 23.7 Å². The Kier molecular flexibility index (Phi) is 4.79. The van der Waals surface area contributed by atoms with Crippen LogP contribution in [0.5, 0.6) is 0 Å². The van der Waals surface area contributed by atoms with E-state index < -0.39 is 10.0 Å². The quantitative estimate of drug-likeness (QED) is 0.621. The van der Waals surface area contributed by atoms with E-state index in [1.165, 1.54) is 16.4 Å². The molecule has 0 atom stereocenters. The number of rotatable bonds is 5. The van der Waals surface area contributed by atoms with Gasteiger partial charge in [0, 0.05) is 31.7 Å². The lowest BCUT2D eigenvalue weighted by atomic mass is 10.0. The van der Waals surface area contributed by atoms with Crippen molar-refractivity contribution in [1.82, 2.24) is 14.4 Å². The van der Waals surface area contributed by atoms with Crippen molar-refractivity contribution in [3.63, 3.8) is 0 Å². The molecule has 2 fully saturated rings. The molecule has 0 N–H and O–H groups in total. The molecule has 9 heteroatoms. The molecule has 156 valence electrons. The Balaban J connectivity index is 1.32. The second-order valence-corrected chi connectivity index (χ2v) is 9.55. The Morgan fingerprint density at radius 1 is 1.00 bits per heavy atom. The van der Waals surface area contributed by atoms with Gasteiger partial charge in [-0.1, -0.05) is 17.3 Å². The molecule has 0 amide bonds. The van der Waals surface area contributed by atoms with E-state index >= 15 is 0 Å². The second kappa shape index (κ2) is 7.48. The average molecular weight is 428 g/mol. The van der Waals surface area contributed by atoms with Crippen molar-refractivity contribution in [2.75, 3.05) is 31.1 Å². The number of hydrogen-bond acceptors (Lipinski definition) is 6. The van der Waals surface area contributed by atoms with Crippen LogP contribution in [-0.2, 0) is 10.0 Å². The number of para-hydroxylation sites is 1. The van der Waals surface area contributed by atoms with Gasteiger partial charge in [0.1, 0.15) is 10.7 Å². The molecule has 0 saturated carbocycles. The van der Waals surface area contributed by atoms with Gasteiger partial charge in [0.25, 0.3) is 0 Å². The topological polar surface area (TPSA) is 79.5 Å². The Morgan fingerprint density at radius 3 is 2.43 bits per heavy atom. The van der Waals surface area contributed by atoms with E-state index in [1.54, 1.807) is 24.3 Å². The normalized spacial score (nSPS) is 18.0. The molecule has 2 aliphatic heterocycles. The largest absolute Gasteiger partial charge is 0.370 e. The number of anilines is 1. The lowest BCUT2D eigenvalue weighted by Crippen LogP contribution is -2.48. The molecule has 2 aromatic carbocycles. The summed E-state index contributed by atoms with van der Waals surface area (Å²) in [5.41, 5.74) is 1.42. The summed E-state index contributed by atoms with van der Waals surface area (Å²) in [7, 11) is -3.60. The van der Waals surface area contributed by atoms with Crippen LogP contribution < -0.4 is 4.90 Å². The van der Waals surface area contributed by atoms with Crippen LogP contribution in [0.25, 0.3) is 11.4 Å². The van der Waals surface area contributed by atoms with Gasteiger partial charge in [0.05, 0.1) is 11.6 Å². The summed E-state index contributed by atoms with van der Waals surface area (Å²) in [5, 5.41) is 3.95. The van der Waals surface area contributed by atoms with E-state index in [0.717, 1.165) is 31.6 Å². The Labute approximate surface area is 174 Å². The van der Waals surface area contributed by atoms with Gasteiger partial charge in [-0.3, -0.25) is 0 Å². The lowest BCUT2D eigenvalue weighted by molar-refractivity contribution is 0.217. The van der Waals surface area contributed by atoms with Crippen LogP contribution in [0.1, 0.15) is 24.7 Å². The Hall–Kier alpha value is -2.78. The molecule has 30 heavy (non-hydrogen) atoms. The first-order chi connectivity index (χ1) is 14.5. The molecule has 0 unspecified atom stereocenters. The van der Waals surface area contributed by atoms with Crippen molar-refractivity contribution < 1.29 is 17.3 Å². The summed E-state index contributed by atoms with van der Waals surface area (Å²) in [6.07, 6.45) is 2.15. The molecule has 0 bridgehead atoms. The molecule has 0 radical (unpaired) electrons. The highest BCUT2D eigenvalue weighted by atomic mass is 32.2. The standard InChI is InChI=1S/C21H21FN4O3S/c22-17-9-7-15(8-10-17)20-23-21(29-24-20)16-13-26(14-16)30(27,28)19-6-2-1-5-18(19)25-11-3-4-12-25/h1-2,5-10,16H,3-4,11-14H2. The van der Waals surface area contributed by atoms with Crippen LogP contribution in [0.2, 0.25) is 0 Å². The van der Waals surface area contributed by atoms with Gasteiger partial charge in [-0.25, -0.2) is 12.8 Å². The summed E-state index contributed by atoms with van der Waals surface area (Å²) in [4.78, 5) is 6.86. The van der Waals surface area contributed by atoms with E-state index in [4.69, 9.17) is 4.52 Å². The molecule has 7 nitrogen and oxygen atoms in total. The zero-order valence-electron chi connectivity index (χ0n) is 16.2. The third-order valence-corrected chi connectivity index (χ3v) is 7.55. The van der Waals surface area contributed by atoms with Crippen molar-refractivity contribution >= 4 is 15.7 Å². The van der Waals surface area contributed by atoms with Crippen LogP contribution >= 0.6 is 0 Å².